The molecule has 0 aliphatic carbocycles. The summed E-state index contributed by atoms with van der Waals surface area (Å²) in [6.45, 7) is 17.7. The van der Waals surface area contributed by atoms with Gasteiger partial charge in [-0.3, -0.25) is 0 Å². The van der Waals surface area contributed by atoms with Crippen LogP contribution in [0.1, 0.15) is 44.5 Å². The van der Waals surface area contributed by atoms with E-state index in [2.05, 4.69) is 235 Å². The van der Waals surface area contributed by atoms with E-state index in [0.29, 0.717) is 0 Å². The summed E-state index contributed by atoms with van der Waals surface area (Å²) < 4.78 is 0. The van der Waals surface area contributed by atoms with Crippen LogP contribution in [0.2, 0.25) is 0 Å². The van der Waals surface area contributed by atoms with Gasteiger partial charge in [-0.1, -0.05) is 132 Å². The first-order valence-electron chi connectivity index (χ1n) is 20.3. The second kappa shape index (κ2) is 16.1. The smallest absolute Gasteiger partial charge is 0.0520 e. The number of aryl methyl sites for hydroxylation is 8. The van der Waals surface area contributed by atoms with Crippen molar-refractivity contribution in [3.8, 4) is 33.4 Å². The fraction of sp³-hybridized carbons (Fsp3) is 0.143. The maximum Gasteiger partial charge on any atom is 0.0520 e. The third-order valence-electron chi connectivity index (χ3n) is 11.2. The van der Waals surface area contributed by atoms with E-state index < -0.39 is 0 Å². The van der Waals surface area contributed by atoms with E-state index >= 15 is 0 Å². The van der Waals surface area contributed by atoms with Gasteiger partial charge >= 0.3 is 0 Å². The van der Waals surface area contributed by atoms with Crippen molar-refractivity contribution in [3.63, 3.8) is 0 Å². The second-order valence-electron chi connectivity index (χ2n) is 16.1. The predicted molar refractivity (Wildman–Crippen MR) is 250 cm³/mol. The van der Waals surface area contributed by atoms with E-state index in [0.717, 1.165) is 22.7 Å². The van der Waals surface area contributed by atoms with E-state index in [9.17, 15) is 0 Å². The van der Waals surface area contributed by atoms with Crippen LogP contribution >= 0.6 is 0 Å². The summed E-state index contributed by atoms with van der Waals surface area (Å²) in [7, 11) is 0. The zero-order valence-electron chi connectivity index (χ0n) is 35.1. The lowest BCUT2D eigenvalue weighted by Crippen LogP contribution is -2.14. The molecular weight excluding hydrogens is 701 g/mol. The fourth-order valence-electron chi connectivity index (χ4n) is 8.85. The number of hydrogen-bond donors (Lipinski definition) is 0. The maximum atomic E-state index is 2.45. The SMILES string of the molecule is Cc1cc(-c2cc(C)cc(N(c3ccc(-c4ccccc4)cc3)c3c(C)cc(C)cc3C)c2)cc(N(c2ccc(-c3ccccc3)cc2)c2c(C)cc(C)cc2C)c1. The second-order valence-corrected chi connectivity index (χ2v) is 16.1. The topological polar surface area (TPSA) is 6.48 Å². The lowest BCUT2D eigenvalue weighted by atomic mass is 9.96. The number of hydrogen-bond acceptors (Lipinski definition) is 2. The Bertz CT molecular complexity index is 2490. The molecule has 0 bridgehead atoms. The van der Waals surface area contributed by atoms with Crippen LogP contribution in [0.15, 0.2) is 170 Å². The Labute approximate surface area is 345 Å². The van der Waals surface area contributed by atoms with Crippen molar-refractivity contribution < 1.29 is 0 Å². The first-order valence-corrected chi connectivity index (χ1v) is 20.3. The van der Waals surface area contributed by atoms with Crippen molar-refractivity contribution in [1.29, 1.82) is 0 Å². The number of anilines is 6. The van der Waals surface area contributed by atoms with Crippen molar-refractivity contribution in [2.24, 2.45) is 0 Å². The monoisotopic (exact) mass is 752 g/mol. The van der Waals surface area contributed by atoms with Crippen LogP contribution < -0.4 is 9.80 Å². The summed E-state index contributed by atoms with van der Waals surface area (Å²) in [5, 5.41) is 0. The van der Waals surface area contributed by atoms with Gasteiger partial charge in [0.05, 0.1) is 11.4 Å². The van der Waals surface area contributed by atoms with Gasteiger partial charge in [-0.25, -0.2) is 0 Å². The Balaban J connectivity index is 1.27. The first kappa shape index (κ1) is 38.2. The summed E-state index contributed by atoms with van der Waals surface area (Å²) in [4.78, 5) is 4.90. The number of rotatable bonds is 9. The van der Waals surface area contributed by atoms with Crippen LogP contribution in [0.25, 0.3) is 33.4 Å². The molecule has 0 amide bonds. The molecule has 286 valence electrons. The molecule has 0 aromatic heterocycles. The Hall–Kier alpha value is -6.64. The van der Waals surface area contributed by atoms with Gasteiger partial charge in [-0.2, -0.15) is 0 Å². The molecule has 0 saturated heterocycles. The van der Waals surface area contributed by atoms with Gasteiger partial charge in [-0.15, -0.1) is 0 Å². The molecule has 0 heterocycles. The first-order chi connectivity index (χ1) is 28.0. The predicted octanol–water partition coefficient (Wildman–Crippen LogP) is 16.1. The van der Waals surface area contributed by atoms with Crippen LogP contribution in [-0.2, 0) is 0 Å². The summed E-state index contributed by atoms with van der Waals surface area (Å²) >= 11 is 0. The van der Waals surface area contributed by atoms with E-state index in [1.54, 1.807) is 0 Å². The van der Waals surface area contributed by atoms with Crippen molar-refractivity contribution in [2.45, 2.75) is 55.4 Å². The van der Waals surface area contributed by atoms with Gasteiger partial charge in [0.1, 0.15) is 0 Å². The van der Waals surface area contributed by atoms with Crippen molar-refractivity contribution in [1.82, 2.24) is 0 Å². The van der Waals surface area contributed by atoms with E-state index in [-0.39, 0.29) is 0 Å². The molecule has 0 aliphatic rings. The lowest BCUT2D eigenvalue weighted by Gasteiger charge is -2.31. The summed E-state index contributed by atoms with van der Waals surface area (Å²) in [5.74, 6) is 0. The molecule has 8 aromatic rings. The minimum absolute atomic E-state index is 1.13. The van der Waals surface area contributed by atoms with Crippen LogP contribution in [0.3, 0.4) is 0 Å². The standard InChI is InChI=1S/C56H52N2/c1-37-27-41(5)55(42(6)28-37)57(51-23-19-47(20-24-51)45-15-11-9-12-16-45)53-33-39(3)31-49(35-53)50-32-40(4)34-54(36-50)58(56-43(7)29-38(2)30-44(56)8)52-25-21-48(22-26-52)46-17-13-10-14-18-46/h9-36H,1-8H3. The molecule has 0 fully saturated rings. The molecule has 2 heteroatoms. The average molecular weight is 753 g/mol. The minimum atomic E-state index is 1.13. The molecule has 0 spiro atoms. The lowest BCUT2D eigenvalue weighted by molar-refractivity contribution is 1.19. The van der Waals surface area contributed by atoms with Crippen molar-refractivity contribution in [2.75, 3.05) is 9.80 Å². The maximum absolute atomic E-state index is 2.45. The summed E-state index contributed by atoms with van der Waals surface area (Å²) in [5.41, 5.74) is 24.2. The molecule has 0 aliphatic heterocycles. The van der Waals surface area contributed by atoms with Crippen LogP contribution in [0, 0.1) is 55.4 Å². The highest BCUT2D eigenvalue weighted by atomic mass is 15.2. The van der Waals surface area contributed by atoms with Gasteiger partial charge in [0.15, 0.2) is 0 Å². The Morgan fingerprint density at radius 1 is 0.241 bits per heavy atom. The molecule has 0 saturated carbocycles. The number of nitrogens with zero attached hydrogens (tertiary/aromatic N) is 2. The van der Waals surface area contributed by atoms with Crippen LogP contribution in [0.5, 0.6) is 0 Å². The molecular formula is C56H52N2. The van der Waals surface area contributed by atoms with Gasteiger partial charge in [0.2, 0.25) is 0 Å². The minimum Gasteiger partial charge on any atom is -0.310 e. The highest BCUT2D eigenvalue weighted by molar-refractivity contribution is 5.87. The normalized spacial score (nSPS) is 11.1. The molecule has 0 atom stereocenters. The Kier molecular flexibility index (Phi) is 10.6. The van der Waals surface area contributed by atoms with Gasteiger partial charge in [0, 0.05) is 22.7 Å². The van der Waals surface area contributed by atoms with E-state index in [1.165, 1.54) is 89.3 Å². The summed E-state index contributed by atoms with van der Waals surface area (Å²) in [6, 6.07) is 62.5. The van der Waals surface area contributed by atoms with E-state index in [1.807, 2.05) is 0 Å². The third-order valence-corrected chi connectivity index (χ3v) is 11.2. The number of benzene rings is 8. The van der Waals surface area contributed by atoms with Crippen LogP contribution in [-0.4, -0.2) is 0 Å². The zero-order chi connectivity index (χ0) is 40.5. The van der Waals surface area contributed by atoms with Crippen LogP contribution in [0.4, 0.5) is 34.1 Å². The largest absolute Gasteiger partial charge is 0.310 e. The molecule has 8 aromatic carbocycles. The molecule has 0 radical (unpaired) electrons. The quantitative estimate of drug-likeness (QED) is 0.145. The molecule has 58 heavy (non-hydrogen) atoms. The Morgan fingerprint density at radius 3 is 0.862 bits per heavy atom. The highest BCUT2D eigenvalue weighted by Gasteiger charge is 2.22. The average Bonchev–Trinajstić information content (AvgIpc) is 3.21. The Morgan fingerprint density at radius 2 is 0.534 bits per heavy atom. The van der Waals surface area contributed by atoms with Crippen molar-refractivity contribution in [3.05, 3.63) is 214 Å². The van der Waals surface area contributed by atoms with E-state index in [4.69, 9.17) is 0 Å². The molecule has 2 nitrogen and oxygen atoms in total. The highest BCUT2D eigenvalue weighted by Crippen LogP contribution is 2.44. The fourth-order valence-corrected chi connectivity index (χ4v) is 8.85. The van der Waals surface area contributed by atoms with Gasteiger partial charge in [0.25, 0.3) is 0 Å². The molecule has 0 unspecified atom stereocenters. The van der Waals surface area contributed by atoms with Gasteiger partial charge in [-0.05, 0) is 171 Å². The molecule has 8 rings (SSSR count). The molecule has 0 N–H and O–H groups in total. The summed E-state index contributed by atoms with van der Waals surface area (Å²) in [6.07, 6.45) is 0. The zero-order valence-corrected chi connectivity index (χ0v) is 35.1. The van der Waals surface area contributed by atoms with Gasteiger partial charge < -0.3 is 9.80 Å². The third kappa shape index (κ3) is 7.84. The van der Waals surface area contributed by atoms with Crippen molar-refractivity contribution >= 4 is 34.1 Å².